The number of aromatic nitrogens is 4. The van der Waals surface area contributed by atoms with Crippen LogP contribution in [-0.2, 0) is 4.79 Å². The summed E-state index contributed by atoms with van der Waals surface area (Å²) in [6, 6.07) is 5.25. The van der Waals surface area contributed by atoms with E-state index in [2.05, 4.69) is 25.4 Å². The quantitative estimate of drug-likeness (QED) is 0.739. The van der Waals surface area contributed by atoms with Crippen LogP contribution in [0, 0.1) is 0 Å². The van der Waals surface area contributed by atoms with Crippen LogP contribution in [-0.4, -0.2) is 38.6 Å². The number of amides is 1. The van der Waals surface area contributed by atoms with Gasteiger partial charge in [0.25, 0.3) is 5.56 Å². The van der Waals surface area contributed by atoms with E-state index in [1.807, 2.05) is 10.5 Å². The Bertz CT molecular complexity index is 967. The van der Waals surface area contributed by atoms with E-state index < -0.39 is 0 Å². The lowest BCUT2D eigenvalue weighted by atomic mass is 10.2. The van der Waals surface area contributed by atoms with Gasteiger partial charge in [0.2, 0.25) is 17.6 Å². The molecular formula is C15H16N6O2. The lowest BCUT2D eigenvalue weighted by molar-refractivity contribution is -0.114. The number of nitrogens with one attached hydrogen (secondary N) is 2. The molecule has 1 amide bonds. The first-order valence-electron chi connectivity index (χ1n) is 7.57. The molecule has 2 N–H and O–H groups in total. The van der Waals surface area contributed by atoms with Gasteiger partial charge in [0, 0.05) is 25.7 Å². The molecule has 1 aliphatic rings. The average molecular weight is 312 g/mol. The van der Waals surface area contributed by atoms with Gasteiger partial charge in [-0.05, 0) is 31.0 Å². The first-order valence-corrected chi connectivity index (χ1v) is 7.57. The Morgan fingerprint density at radius 3 is 2.78 bits per heavy atom. The van der Waals surface area contributed by atoms with Crippen molar-refractivity contribution in [1.29, 1.82) is 0 Å². The van der Waals surface area contributed by atoms with Crippen molar-refractivity contribution in [1.82, 2.24) is 19.6 Å². The SMILES string of the molecule is CC(=O)Nc1ccc2c(c1)c(=O)[nH]c1nnc(N3CCCC3)n12. The maximum Gasteiger partial charge on any atom is 0.260 e. The molecule has 23 heavy (non-hydrogen) atoms. The van der Waals surface area contributed by atoms with E-state index in [4.69, 9.17) is 0 Å². The number of carbonyl (C=O) groups excluding carboxylic acids is 1. The summed E-state index contributed by atoms with van der Waals surface area (Å²) in [7, 11) is 0. The minimum absolute atomic E-state index is 0.177. The number of hydrogen-bond acceptors (Lipinski definition) is 5. The van der Waals surface area contributed by atoms with Gasteiger partial charge < -0.3 is 10.2 Å². The smallest absolute Gasteiger partial charge is 0.260 e. The van der Waals surface area contributed by atoms with Gasteiger partial charge in [-0.1, -0.05) is 0 Å². The van der Waals surface area contributed by atoms with E-state index >= 15 is 0 Å². The Balaban J connectivity index is 1.97. The van der Waals surface area contributed by atoms with Crippen LogP contribution in [0.25, 0.3) is 16.7 Å². The molecule has 3 heterocycles. The van der Waals surface area contributed by atoms with Gasteiger partial charge in [0.05, 0.1) is 10.9 Å². The van der Waals surface area contributed by atoms with Crippen molar-refractivity contribution < 1.29 is 4.79 Å². The number of aromatic amines is 1. The van der Waals surface area contributed by atoms with Gasteiger partial charge in [-0.15, -0.1) is 10.2 Å². The highest BCUT2D eigenvalue weighted by Gasteiger charge is 2.20. The van der Waals surface area contributed by atoms with Crippen LogP contribution in [0.4, 0.5) is 11.6 Å². The number of carbonyl (C=O) groups is 1. The minimum atomic E-state index is -0.250. The summed E-state index contributed by atoms with van der Waals surface area (Å²) in [6.45, 7) is 3.31. The Labute approximate surface area is 131 Å². The van der Waals surface area contributed by atoms with Gasteiger partial charge in [-0.25, -0.2) is 4.40 Å². The second-order valence-corrected chi connectivity index (χ2v) is 5.72. The summed E-state index contributed by atoms with van der Waals surface area (Å²) < 4.78 is 1.86. The molecule has 8 nitrogen and oxygen atoms in total. The third kappa shape index (κ3) is 2.23. The number of nitrogens with zero attached hydrogens (tertiary/aromatic N) is 4. The van der Waals surface area contributed by atoms with E-state index in [1.54, 1.807) is 12.1 Å². The van der Waals surface area contributed by atoms with Crippen molar-refractivity contribution in [2.45, 2.75) is 19.8 Å². The maximum atomic E-state index is 12.3. The van der Waals surface area contributed by atoms with Crippen LogP contribution in [0.1, 0.15) is 19.8 Å². The summed E-state index contributed by atoms with van der Waals surface area (Å²) in [5.74, 6) is 0.992. The molecule has 0 bridgehead atoms. The van der Waals surface area contributed by atoms with Crippen LogP contribution in [0.3, 0.4) is 0 Å². The van der Waals surface area contributed by atoms with Crippen molar-refractivity contribution in [3.63, 3.8) is 0 Å². The van der Waals surface area contributed by atoms with Gasteiger partial charge in [0.15, 0.2) is 0 Å². The number of anilines is 2. The zero-order valence-corrected chi connectivity index (χ0v) is 12.7. The molecule has 0 radical (unpaired) electrons. The molecule has 3 aromatic rings. The lowest BCUT2D eigenvalue weighted by Gasteiger charge is -2.15. The van der Waals surface area contributed by atoms with Gasteiger partial charge in [-0.3, -0.25) is 14.6 Å². The van der Waals surface area contributed by atoms with E-state index in [9.17, 15) is 9.59 Å². The molecule has 1 aromatic carbocycles. The summed E-state index contributed by atoms with van der Waals surface area (Å²) in [5, 5.41) is 11.5. The molecule has 0 spiro atoms. The first-order chi connectivity index (χ1) is 11.1. The molecule has 0 atom stereocenters. The highest BCUT2D eigenvalue weighted by atomic mass is 16.1. The van der Waals surface area contributed by atoms with Crippen molar-refractivity contribution in [3.8, 4) is 0 Å². The van der Waals surface area contributed by atoms with E-state index in [0.29, 0.717) is 16.9 Å². The predicted octanol–water partition coefficient (Wildman–Crippen LogP) is 1.13. The second kappa shape index (κ2) is 5.08. The van der Waals surface area contributed by atoms with Crippen LogP contribution in [0.15, 0.2) is 23.0 Å². The third-order valence-electron chi connectivity index (χ3n) is 4.06. The number of H-pyrrole nitrogens is 1. The van der Waals surface area contributed by atoms with Crippen LogP contribution >= 0.6 is 0 Å². The Morgan fingerprint density at radius 2 is 2.04 bits per heavy atom. The molecule has 1 fully saturated rings. The summed E-state index contributed by atoms with van der Waals surface area (Å²) in [4.78, 5) is 28.4. The average Bonchev–Trinajstić information content (AvgIpc) is 3.15. The molecule has 2 aromatic heterocycles. The molecule has 1 saturated heterocycles. The zero-order chi connectivity index (χ0) is 16.0. The molecule has 118 valence electrons. The van der Waals surface area contributed by atoms with Gasteiger partial charge >= 0.3 is 0 Å². The van der Waals surface area contributed by atoms with Crippen LogP contribution in [0.5, 0.6) is 0 Å². The van der Waals surface area contributed by atoms with Crippen molar-refractivity contribution in [2.24, 2.45) is 0 Å². The topological polar surface area (TPSA) is 95.4 Å². The summed E-state index contributed by atoms with van der Waals surface area (Å²) in [5.41, 5.74) is 1.07. The third-order valence-corrected chi connectivity index (χ3v) is 4.06. The van der Waals surface area contributed by atoms with Gasteiger partial charge in [0.1, 0.15) is 0 Å². The Morgan fingerprint density at radius 1 is 1.26 bits per heavy atom. The number of hydrogen-bond donors (Lipinski definition) is 2. The van der Waals surface area contributed by atoms with Crippen molar-refractivity contribution >= 4 is 34.2 Å². The van der Waals surface area contributed by atoms with E-state index in [1.165, 1.54) is 6.92 Å². The minimum Gasteiger partial charge on any atom is -0.341 e. The fourth-order valence-corrected chi connectivity index (χ4v) is 3.06. The molecule has 0 saturated carbocycles. The highest BCUT2D eigenvalue weighted by Crippen LogP contribution is 2.23. The normalized spacial score (nSPS) is 14.7. The van der Waals surface area contributed by atoms with Gasteiger partial charge in [-0.2, -0.15) is 0 Å². The standard InChI is InChI=1S/C15H16N6O2/c1-9(22)16-10-4-5-12-11(8-10)13(23)17-14-18-19-15(21(12)14)20-6-2-3-7-20/h4-5,8H,2-3,6-7H2,1H3,(H,16,22)(H,17,18,23). The molecule has 0 aliphatic carbocycles. The highest BCUT2D eigenvalue weighted by molar-refractivity contribution is 5.92. The Hall–Kier alpha value is -2.90. The molecule has 0 unspecified atom stereocenters. The van der Waals surface area contributed by atoms with E-state index in [-0.39, 0.29) is 11.5 Å². The molecular weight excluding hydrogens is 296 g/mol. The number of benzene rings is 1. The summed E-state index contributed by atoms with van der Waals surface area (Å²) >= 11 is 0. The number of fused-ring (bicyclic) bond motifs is 3. The second-order valence-electron chi connectivity index (χ2n) is 5.72. The zero-order valence-electron chi connectivity index (χ0n) is 12.7. The molecule has 4 rings (SSSR count). The number of rotatable bonds is 2. The van der Waals surface area contributed by atoms with Crippen LogP contribution in [0.2, 0.25) is 0 Å². The fraction of sp³-hybridized carbons (Fsp3) is 0.333. The summed E-state index contributed by atoms with van der Waals surface area (Å²) in [6.07, 6.45) is 2.26. The predicted molar refractivity (Wildman–Crippen MR) is 86.9 cm³/mol. The largest absolute Gasteiger partial charge is 0.341 e. The first kappa shape index (κ1) is 13.7. The van der Waals surface area contributed by atoms with E-state index in [0.717, 1.165) is 37.4 Å². The Kier molecular flexibility index (Phi) is 3.03. The molecule has 8 heteroatoms. The van der Waals surface area contributed by atoms with Crippen LogP contribution < -0.4 is 15.8 Å². The van der Waals surface area contributed by atoms with Crippen molar-refractivity contribution in [3.05, 3.63) is 28.6 Å². The fourth-order valence-electron chi connectivity index (χ4n) is 3.06. The molecule has 1 aliphatic heterocycles. The monoisotopic (exact) mass is 312 g/mol. The lowest BCUT2D eigenvalue weighted by Crippen LogP contribution is -2.21. The van der Waals surface area contributed by atoms with Crippen molar-refractivity contribution in [2.75, 3.05) is 23.3 Å². The maximum absolute atomic E-state index is 12.3.